The second-order valence-corrected chi connectivity index (χ2v) is 15.1. The molecule has 0 spiro atoms. The van der Waals surface area contributed by atoms with E-state index in [9.17, 15) is 15.3 Å². The molecule has 4 aliphatic carbocycles. The van der Waals surface area contributed by atoms with Crippen molar-refractivity contribution in [3.63, 3.8) is 0 Å². The number of allylic oxidation sites excluding steroid dienone is 2. The average molecular weight is 475 g/mol. The molecule has 3 N–H and O–H groups in total. The maximum Gasteiger partial charge on any atom is 0.0654 e. The van der Waals surface area contributed by atoms with Gasteiger partial charge in [0.1, 0.15) is 0 Å². The summed E-state index contributed by atoms with van der Waals surface area (Å²) in [6, 6.07) is 0. The minimum absolute atomic E-state index is 0.0307. The molecule has 4 aliphatic rings. The van der Waals surface area contributed by atoms with Gasteiger partial charge in [-0.3, -0.25) is 0 Å². The Morgan fingerprint density at radius 3 is 2.26 bits per heavy atom. The molecule has 4 fully saturated rings. The molecular formula is C31H54O3. The molecule has 0 aromatic carbocycles. The largest absolute Gasteiger partial charge is 0.393 e. The van der Waals surface area contributed by atoms with Crippen LogP contribution >= 0.6 is 0 Å². The first-order valence-electron chi connectivity index (χ1n) is 14.2. The molecule has 196 valence electrons. The Balaban J connectivity index is 1.70. The van der Waals surface area contributed by atoms with E-state index in [0.29, 0.717) is 17.8 Å². The number of hydrogen-bond donors (Lipinski definition) is 3. The van der Waals surface area contributed by atoms with Gasteiger partial charge in [0.2, 0.25) is 0 Å². The highest BCUT2D eigenvalue weighted by Gasteiger charge is 2.72. The van der Waals surface area contributed by atoms with E-state index in [2.05, 4.69) is 61.5 Å². The molecule has 0 heterocycles. The fourth-order valence-electron chi connectivity index (χ4n) is 11.2. The summed E-state index contributed by atoms with van der Waals surface area (Å²) in [4.78, 5) is 0. The molecule has 3 heteroatoms. The van der Waals surface area contributed by atoms with Crippen LogP contribution in [0.3, 0.4) is 0 Å². The van der Waals surface area contributed by atoms with Gasteiger partial charge in [-0.15, -0.1) is 0 Å². The normalized spacial score (nSPS) is 51.6. The number of aliphatic hydroxyl groups excluding tert-OH is 2. The van der Waals surface area contributed by atoms with Crippen molar-refractivity contribution < 1.29 is 15.3 Å². The summed E-state index contributed by atoms with van der Waals surface area (Å²) in [5.41, 5.74) is 0.771. The van der Waals surface area contributed by atoms with Gasteiger partial charge in [0.05, 0.1) is 17.8 Å². The number of aliphatic hydroxyl groups is 3. The summed E-state index contributed by atoms with van der Waals surface area (Å²) >= 11 is 0. The SMILES string of the molecule is CC(C)=CCC[C@@](C)(O)C1CC[C@]2(C)C1[C@H](O)CC1[C@@]3(C)CC[C@H](O)C(C)(C)C3[C@H](C)C[C@]12C. The van der Waals surface area contributed by atoms with Gasteiger partial charge in [-0.25, -0.2) is 0 Å². The van der Waals surface area contributed by atoms with E-state index in [0.717, 1.165) is 44.9 Å². The Hall–Kier alpha value is -0.380. The van der Waals surface area contributed by atoms with Crippen LogP contribution in [-0.2, 0) is 0 Å². The van der Waals surface area contributed by atoms with E-state index in [1.165, 1.54) is 12.0 Å². The highest BCUT2D eigenvalue weighted by molar-refractivity contribution is 5.21. The maximum absolute atomic E-state index is 11.8. The third-order valence-electron chi connectivity index (χ3n) is 12.5. The van der Waals surface area contributed by atoms with Crippen LogP contribution in [0.25, 0.3) is 0 Å². The van der Waals surface area contributed by atoms with Crippen molar-refractivity contribution >= 4 is 0 Å². The van der Waals surface area contributed by atoms with Gasteiger partial charge in [-0.05, 0) is 123 Å². The standard InChI is InChI=1S/C31H54O3/c1-19(2)11-10-14-31(9,34)21-12-16-29(7)25(21)22(32)17-23-28(6)15-13-24(33)27(4,5)26(28)20(3)18-30(23,29)8/h11,20-26,32-34H,10,12-18H2,1-9H3/t20-,21?,22-,23?,24+,25?,26?,28-,29-,30-,31-/m1/s1. The third kappa shape index (κ3) is 3.61. The molecule has 4 rings (SSSR count). The average Bonchev–Trinajstić information content (AvgIpc) is 3.07. The monoisotopic (exact) mass is 474 g/mol. The van der Waals surface area contributed by atoms with Gasteiger partial charge in [-0.2, -0.15) is 0 Å². The lowest BCUT2D eigenvalue weighted by molar-refractivity contribution is -0.261. The predicted molar refractivity (Wildman–Crippen MR) is 140 cm³/mol. The molecule has 11 atom stereocenters. The van der Waals surface area contributed by atoms with Crippen LogP contribution in [0.5, 0.6) is 0 Å². The fourth-order valence-corrected chi connectivity index (χ4v) is 11.2. The van der Waals surface area contributed by atoms with Crippen LogP contribution < -0.4 is 0 Å². The molecular weight excluding hydrogens is 420 g/mol. The summed E-state index contributed by atoms with van der Waals surface area (Å²) in [7, 11) is 0. The minimum atomic E-state index is -0.748. The van der Waals surface area contributed by atoms with E-state index >= 15 is 0 Å². The molecule has 34 heavy (non-hydrogen) atoms. The molecule has 3 nitrogen and oxygen atoms in total. The number of hydrogen-bond acceptors (Lipinski definition) is 3. The van der Waals surface area contributed by atoms with Gasteiger partial charge in [-0.1, -0.05) is 53.2 Å². The van der Waals surface area contributed by atoms with Gasteiger partial charge < -0.3 is 15.3 Å². The number of rotatable bonds is 4. The van der Waals surface area contributed by atoms with Crippen molar-refractivity contribution in [2.75, 3.05) is 0 Å². The van der Waals surface area contributed by atoms with E-state index < -0.39 is 5.60 Å². The molecule has 0 bridgehead atoms. The summed E-state index contributed by atoms with van der Waals surface area (Å²) < 4.78 is 0. The van der Waals surface area contributed by atoms with E-state index in [1.807, 2.05) is 6.92 Å². The van der Waals surface area contributed by atoms with Crippen molar-refractivity contribution in [1.29, 1.82) is 0 Å². The van der Waals surface area contributed by atoms with E-state index in [4.69, 9.17) is 0 Å². The van der Waals surface area contributed by atoms with Crippen LogP contribution in [0.1, 0.15) is 114 Å². The van der Waals surface area contributed by atoms with Crippen molar-refractivity contribution in [2.45, 2.75) is 131 Å². The zero-order valence-corrected chi connectivity index (χ0v) is 23.6. The number of fused-ring (bicyclic) bond motifs is 5. The van der Waals surface area contributed by atoms with Crippen LogP contribution in [0.4, 0.5) is 0 Å². The Morgan fingerprint density at radius 2 is 1.65 bits per heavy atom. The third-order valence-corrected chi connectivity index (χ3v) is 12.5. The molecule has 0 amide bonds. The highest BCUT2D eigenvalue weighted by atomic mass is 16.3. The van der Waals surface area contributed by atoms with Gasteiger partial charge >= 0.3 is 0 Å². The predicted octanol–water partition coefficient (Wildman–Crippen LogP) is 6.75. The van der Waals surface area contributed by atoms with E-state index in [-0.39, 0.29) is 45.7 Å². The zero-order chi connectivity index (χ0) is 25.5. The summed E-state index contributed by atoms with van der Waals surface area (Å²) in [6.07, 6.45) is 9.38. The smallest absolute Gasteiger partial charge is 0.0654 e. The van der Waals surface area contributed by atoms with Crippen molar-refractivity contribution in [3.8, 4) is 0 Å². The summed E-state index contributed by atoms with van der Waals surface area (Å²) in [6.45, 7) is 20.8. The molecule has 4 saturated carbocycles. The molecule has 0 aromatic rings. The van der Waals surface area contributed by atoms with Gasteiger partial charge in [0.15, 0.2) is 0 Å². The fraction of sp³-hybridized carbons (Fsp3) is 0.935. The van der Waals surface area contributed by atoms with Crippen molar-refractivity contribution in [3.05, 3.63) is 11.6 Å². The van der Waals surface area contributed by atoms with Gasteiger partial charge in [0.25, 0.3) is 0 Å². The highest BCUT2D eigenvalue weighted by Crippen LogP contribution is 2.76. The Bertz CT molecular complexity index is 809. The van der Waals surface area contributed by atoms with Gasteiger partial charge in [0, 0.05) is 0 Å². The second-order valence-electron chi connectivity index (χ2n) is 15.1. The lowest BCUT2D eigenvalue weighted by Gasteiger charge is -2.72. The molecule has 0 aliphatic heterocycles. The maximum atomic E-state index is 11.8. The topological polar surface area (TPSA) is 60.7 Å². The molecule has 0 aromatic heterocycles. The summed E-state index contributed by atoms with van der Waals surface area (Å²) in [5, 5.41) is 34.5. The van der Waals surface area contributed by atoms with Crippen LogP contribution in [-0.4, -0.2) is 33.1 Å². The van der Waals surface area contributed by atoms with Crippen LogP contribution in [0, 0.1) is 51.2 Å². The quantitative estimate of drug-likeness (QED) is 0.395. The van der Waals surface area contributed by atoms with Crippen molar-refractivity contribution in [2.24, 2.45) is 51.2 Å². The van der Waals surface area contributed by atoms with E-state index in [1.54, 1.807) is 0 Å². The Kier molecular flexibility index (Phi) is 6.53. The first-order chi connectivity index (χ1) is 15.5. The lowest BCUT2D eigenvalue weighted by atomic mass is 9.33. The first kappa shape index (κ1) is 26.7. The van der Waals surface area contributed by atoms with Crippen LogP contribution in [0.15, 0.2) is 11.6 Å². The van der Waals surface area contributed by atoms with Crippen molar-refractivity contribution in [1.82, 2.24) is 0 Å². The van der Waals surface area contributed by atoms with Crippen LogP contribution in [0.2, 0.25) is 0 Å². The minimum Gasteiger partial charge on any atom is -0.393 e. The molecule has 0 saturated heterocycles. The second kappa shape index (κ2) is 8.32. The first-order valence-corrected chi connectivity index (χ1v) is 14.2. The summed E-state index contributed by atoms with van der Waals surface area (Å²) in [5.74, 6) is 1.78. The molecule has 0 radical (unpaired) electrons. The Morgan fingerprint density at radius 1 is 1.00 bits per heavy atom. The molecule has 4 unspecified atom stereocenters. The zero-order valence-electron chi connectivity index (χ0n) is 23.6. The Labute approximate surface area is 209 Å². The lowest BCUT2D eigenvalue weighted by Crippen LogP contribution is -2.68.